The summed E-state index contributed by atoms with van der Waals surface area (Å²) in [6.45, 7) is 2.72. The first-order valence-electron chi connectivity index (χ1n) is 3.25. The zero-order valence-electron chi connectivity index (χ0n) is 6.26. The fourth-order valence-electron chi connectivity index (χ4n) is 0.782. The molecule has 0 aliphatic rings. The van der Waals surface area contributed by atoms with Gasteiger partial charge < -0.3 is 5.32 Å². The summed E-state index contributed by atoms with van der Waals surface area (Å²) in [7, 11) is 1.89. The Morgan fingerprint density at radius 1 is 1.50 bits per heavy atom. The van der Waals surface area contributed by atoms with E-state index in [0.29, 0.717) is 0 Å². The Morgan fingerprint density at radius 2 is 2.30 bits per heavy atom. The molecule has 1 aromatic heterocycles. The molecule has 0 atom stereocenters. The van der Waals surface area contributed by atoms with E-state index in [1.165, 1.54) is 0 Å². The second-order valence-electron chi connectivity index (χ2n) is 2.18. The fraction of sp³-hybridized carbons (Fsp3) is 0.429. The maximum atomic E-state index is 4.24. The molecule has 54 valence electrons. The lowest BCUT2D eigenvalue weighted by Crippen LogP contribution is -2.07. The Labute approximate surface area is 60.5 Å². The molecule has 0 aliphatic heterocycles. The number of nitrogens with zero attached hydrogens (tertiary/aromatic N) is 2. The van der Waals surface area contributed by atoms with Gasteiger partial charge in [-0.3, -0.25) is 9.97 Å². The van der Waals surface area contributed by atoms with E-state index in [4.69, 9.17) is 0 Å². The third kappa shape index (κ3) is 1.77. The van der Waals surface area contributed by atoms with Crippen molar-refractivity contribution >= 4 is 0 Å². The zero-order chi connectivity index (χ0) is 7.40. The minimum absolute atomic E-state index is 0.786. The van der Waals surface area contributed by atoms with E-state index in [-0.39, 0.29) is 0 Å². The van der Waals surface area contributed by atoms with E-state index >= 15 is 0 Å². The van der Waals surface area contributed by atoms with Gasteiger partial charge in [0.1, 0.15) is 0 Å². The van der Waals surface area contributed by atoms with Crippen molar-refractivity contribution in [1.29, 1.82) is 0 Å². The molecule has 0 aromatic carbocycles. The Morgan fingerprint density at radius 3 is 2.90 bits per heavy atom. The lowest BCUT2D eigenvalue weighted by Gasteiger charge is -1.97. The molecule has 1 aromatic rings. The van der Waals surface area contributed by atoms with Crippen LogP contribution < -0.4 is 5.32 Å². The van der Waals surface area contributed by atoms with Crippen molar-refractivity contribution in [2.24, 2.45) is 0 Å². The van der Waals surface area contributed by atoms with Crippen LogP contribution in [0.3, 0.4) is 0 Å². The molecule has 0 aliphatic carbocycles. The van der Waals surface area contributed by atoms with Crippen LogP contribution in [0.1, 0.15) is 11.4 Å². The molecule has 1 N–H and O–H groups in total. The highest BCUT2D eigenvalue weighted by Gasteiger charge is 1.91. The number of aromatic nitrogens is 2. The predicted octanol–water partition coefficient (Wildman–Crippen LogP) is 0.504. The predicted molar refractivity (Wildman–Crippen MR) is 39.5 cm³/mol. The van der Waals surface area contributed by atoms with Crippen LogP contribution in [-0.2, 0) is 6.54 Å². The topological polar surface area (TPSA) is 37.8 Å². The van der Waals surface area contributed by atoms with Crippen LogP contribution in [0, 0.1) is 6.92 Å². The highest BCUT2D eigenvalue weighted by molar-refractivity contribution is 5.00. The molecule has 0 saturated carbocycles. The van der Waals surface area contributed by atoms with Crippen LogP contribution in [0.5, 0.6) is 0 Å². The summed E-state index contributed by atoms with van der Waals surface area (Å²) >= 11 is 0. The number of hydrogen-bond acceptors (Lipinski definition) is 3. The van der Waals surface area contributed by atoms with Crippen molar-refractivity contribution in [1.82, 2.24) is 15.3 Å². The molecule has 0 radical (unpaired) electrons. The second kappa shape index (κ2) is 3.27. The van der Waals surface area contributed by atoms with Gasteiger partial charge in [0.2, 0.25) is 0 Å². The smallest absolute Gasteiger partial charge is 0.0727 e. The summed E-state index contributed by atoms with van der Waals surface area (Å²) in [6.07, 6.45) is 3.52. The third-order valence-corrected chi connectivity index (χ3v) is 1.16. The minimum atomic E-state index is 0.786. The maximum absolute atomic E-state index is 4.24. The SMILES string of the molecule is CNCc1cncc(C)n1. The Balaban J connectivity index is 2.75. The number of hydrogen-bond donors (Lipinski definition) is 1. The molecule has 1 rings (SSSR count). The summed E-state index contributed by atoms with van der Waals surface area (Å²) < 4.78 is 0. The van der Waals surface area contributed by atoms with Crippen LogP contribution in [0.15, 0.2) is 12.4 Å². The number of rotatable bonds is 2. The normalized spacial score (nSPS) is 9.80. The van der Waals surface area contributed by atoms with E-state index in [9.17, 15) is 0 Å². The first kappa shape index (κ1) is 7.15. The first-order chi connectivity index (χ1) is 4.83. The van der Waals surface area contributed by atoms with E-state index < -0.39 is 0 Å². The largest absolute Gasteiger partial charge is 0.314 e. The van der Waals surface area contributed by atoms with E-state index in [0.717, 1.165) is 17.9 Å². The van der Waals surface area contributed by atoms with Crippen LogP contribution in [0.25, 0.3) is 0 Å². The summed E-state index contributed by atoms with van der Waals surface area (Å²) in [5.74, 6) is 0. The molecule has 3 nitrogen and oxygen atoms in total. The highest BCUT2D eigenvalue weighted by Crippen LogP contribution is 1.92. The number of aryl methyl sites for hydroxylation is 1. The van der Waals surface area contributed by atoms with Gasteiger partial charge in [-0.1, -0.05) is 0 Å². The van der Waals surface area contributed by atoms with Crippen molar-refractivity contribution in [3.05, 3.63) is 23.8 Å². The van der Waals surface area contributed by atoms with Gasteiger partial charge >= 0.3 is 0 Å². The maximum Gasteiger partial charge on any atom is 0.0727 e. The van der Waals surface area contributed by atoms with Crippen LogP contribution >= 0.6 is 0 Å². The Kier molecular flexibility index (Phi) is 2.34. The summed E-state index contributed by atoms with van der Waals surface area (Å²) in [5.41, 5.74) is 1.95. The van der Waals surface area contributed by atoms with Gasteiger partial charge in [-0.15, -0.1) is 0 Å². The minimum Gasteiger partial charge on any atom is -0.314 e. The number of nitrogens with one attached hydrogen (secondary N) is 1. The molecule has 10 heavy (non-hydrogen) atoms. The monoisotopic (exact) mass is 137 g/mol. The highest BCUT2D eigenvalue weighted by atomic mass is 14.9. The standard InChI is InChI=1S/C7H11N3/c1-6-3-9-5-7(10-6)4-8-2/h3,5,8H,4H2,1-2H3. The van der Waals surface area contributed by atoms with Crippen molar-refractivity contribution < 1.29 is 0 Å². The zero-order valence-corrected chi connectivity index (χ0v) is 6.26. The molecule has 0 spiro atoms. The fourth-order valence-corrected chi connectivity index (χ4v) is 0.782. The summed E-state index contributed by atoms with van der Waals surface area (Å²) in [4.78, 5) is 8.24. The van der Waals surface area contributed by atoms with Gasteiger partial charge in [-0.25, -0.2) is 0 Å². The van der Waals surface area contributed by atoms with Crippen LogP contribution in [0.2, 0.25) is 0 Å². The molecular weight excluding hydrogens is 126 g/mol. The van der Waals surface area contributed by atoms with Crippen LogP contribution in [0.4, 0.5) is 0 Å². The van der Waals surface area contributed by atoms with Gasteiger partial charge in [0, 0.05) is 18.9 Å². The van der Waals surface area contributed by atoms with Gasteiger partial charge in [0.15, 0.2) is 0 Å². The Hall–Kier alpha value is -0.960. The van der Waals surface area contributed by atoms with Gasteiger partial charge in [0.05, 0.1) is 11.4 Å². The van der Waals surface area contributed by atoms with Gasteiger partial charge in [-0.2, -0.15) is 0 Å². The van der Waals surface area contributed by atoms with Gasteiger partial charge in [0.25, 0.3) is 0 Å². The summed E-state index contributed by atoms with van der Waals surface area (Å²) in [6, 6.07) is 0. The average molecular weight is 137 g/mol. The molecule has 0 unspecified atom stereocenters. The molecule has 0 bridgehead atoms. The van der Waals surface area contributed by atoms with Crippen molar-refractivity contribution in [3.8, 4) is 0 Å². The van der Waals surface area contributed by atoms with Crippen molar-refractivity contribution in [2.45, 2.75) is 13.5 Å². The van der Waals surface area contributed by atoms with E-state index in [2.05, 4.69) is 15.3 Å². The summed E-state index contributed by atoms with van der Waals surface area (Å²) in [5, 5.41) is 3.01. The molecule has 0 saturated heterocycles. The molecule has 0 amide bonds. The third-order valence-electron chi connectivity index (χ3n) is 1.16. The second-order valence-corrected chi connectivity index (χ2v) is 2.18. The van der Waals surface area contributed by atoms with E-state index in [1.54, 1.807) is 12.4 Å². The lowest BCUT2D eigenvalue weighted by molar-refractivity contribution is 0.779. The first-order valence-corrected chi connectivity index (χ1v) is 3.25. The molecule has 0 fully saturated rings. The lowest BCUT2D eigenvalue weighted by atomic mass is 10.4. The van der Waals surface area contributed by atoms with E-state index in [1.807, 2.05) is 14.0 Å². The van der Waals surface area contributed by atoms with Crippen LogP contribution in [-0.4, -0.2) is 17.0 Å². The van der Waals surface area contributed by atoms with Gasteiger partial charge in [-0.05, 0) is 14.0 Å². The van der Waals surface area contributed by atoms with Crippen molar-refractivity contribution in [2.75, 3.05) is 7.05 Å². The molecule has 1 heterocycles. The Bertz CT molecular complexity index is 210. The van der Waals surface area contributed by atoms with Crippen molar-refractivity contribution in [3.63, 3.8) is 0 Å². The molecular formula is C7H11N3. The molecule has 3 heteroatoms. The quantitative estimate of drug-likeness (QED) is 0.645. The average Bonchev–Trinajstić information content (AvgIpc) is 1.88.